The van der Waals surface area contributed by atoms with Crippen LogP contribution in [-0.4, -0.2) is 21.1 Å². The fourth-order valence-corrected chi connectivity index (χ4v) is 15.9. The van der Waals surface area contributed by atoms with Crippen molar-refractivity contribution in [3.05, 3.63) is 51.6 Å². The molecule has 0 saturated heterocycles. The maximum atomic E-state index is 12.3. The largest absolute Gasteiger partial charge is 0.269 e. The lowest BCUT2D eigenvalue weighted by atomic mass is 9.81. The molecule has 2 aliphatic rings. The van der Waals surface area contributed by atoms with Crippen LogP contribution >= 0.6 is 0 Å². The number of hydrogen-bond acceptors (Lipinski definition) is 1. The van der Waals surface area contributed by atoms with E-state index in [4.69, 9.17) is 5.73 Å². The van der Waals surface area contributed by atoms with Gasteiger partial charge < -0.3 is 0 Å². The Kier molecular flexibility index (Phi) is 4.48. The number of hydrogen-bond donors (Lipinski definition) is 0. The van der Waals surface area contributed by atoms with Gasteiger partial charge in [-0.05, 0) is 59.1 Å². The molecule has 0 bridgehead atoms. The molecule has 30 heavy (non-hydrogen) atoms. The van der Waals surface area contributed by atoms with Gasteiger partial charge in [-0.2, -0.15) is 0 Å². The maximum absolute atomic E-state index is 12.3. The molecule has 1 N–H and O–H groups in total. The summed E-state index contributed by atoms with van der Waals surface area (Å²) < 4.78 is 0. The van der Waals surface area contributed by atoms with Crippen LogP contribution in [0.5, 0.6) is 0 Å². The topological polar surface area (TPSA) is 40.9 Å². The van der Waals surface area contributed by atoms with Crippen molar-refractivity contribution in [1.29, 1.82) is 0 Å². The van der Waals surface area contributed by atoms with Gasteiger partial charge in [-0.25, -0.2) is 0 Å². The molecule has 1 radical (unpaired) electrons. The molecule has 0 atom stereocenters. The fraction of sp³-hybridized carbons (Fsp3) is 0.423. The molecule has 0 aromatic heterocycles. The molecule has 0 spiro atoms. The number of carbonyl (C=O) groups excluding carboxylic acids is 1. The standard InChI is InChI=1S/C26H34NOSi2/c1-15-10-17-12-18(26(3,4)5)13-21(20(17)11-15)23-16(2)19(25(27)28)14-22-24(23)30(8,9)29(22,6)7/h10,12-14,27H,11H2,1-9H3. The highest BCUT2D eigenvalue weighted by Gasteiger charge is 2.56. The third-order valence-corrected chi connectivity index (χ3v) is 25.8. The molecule has 2 aromatic carbocycles. The predicted molar refractivity (Wildman–Crippen MR) is 134 cm³/mol. The summed E-state index contributed by atoms with van der Waals surface area (Å²) in [5.41, 5.74) is 17.7. The number of amides is 1. The first-order chi connectivity index (χ1) is 13.7. The van der Waals surface area contributed by atoms with E-state index in [9.17, 15) is 4.79 Å². The van der Waals surface area contributed by atoms with E-state index in [1.165, 1.54) is 38.6 Å². The Morgan fingerprint density at radius 2 is 1.63 bits per heavy atom. The van der Waals surface area contributed by atoms with Gasteiger partial charge in [-0.3, -0.25) is 10.5 Å². The zero-order valence-corrected chi connectivity index (χ0v) is 21.9. The lowest BCUT2D eigenvalue weighted by Crippen LogP contribution is -2.85. The minimum Gasteiger partial charge on any atom is -0.267 e. The Bertz CT molecular complexity index is 1150. The molecule has 1 amide bonds. The highest BCUT2D eigenvalue weighted by Crippen LogP contribution is 2.42. The predicted octanol–water partition coefficient (Wildman–Crippen LogP) is 5.26. The zero-order chi connectivity index (χ0) is 22.4. The molecule has 1 aliphatic heterocycles. The van der Waals surface area contributed by atoms with Crippen molar-refractivity contribution >= 4 is 37.5 Å². The Balaban J connectivity index is 2.14. The number of fused-ring (bicyclic) bond motifs is 2. The number of benzene rings is 2. The minimum absolute atomic E-state index is 0.0545. The van der Waals surface area contributed by atoms with Gasteiger partial charge >= 0.3 is 0 Å². The Labute approximate surface area is 183 Å². The quantitative estimate of drug-likeness (QED) is 0.596. The van der Waals surface area contributed by atoms with Crippen molar-refractivity contribution in [2.45, 2.75) is 72.6 Å². The molecule has 1 heterocycles. The van der Waals surface area contributed by atoms with Gasteiger partial charge in [0.2, 0.25) is 0 Å². The summed E-state index contributed by atoms with van der Waals surface area (Å²) in [6.45, 7) is 21.0. The van der Waals surface area contributed by atoms with Gasteiger partial charge in [0.15, 0.2) is 0 Å². The van der Waals surface area contributed by atoms with E-state index in [1.807, 2.05) is 0 Å². The normalized spacial score (nSPS) is 18.4. The molecule has 0 saturated carbocycles. The second-order valence-electron chi connectivity index (χ2n) is 11.4. The van der Waals surface area contributed by atoms with Gasteiger partial charge in [0.1, 0.15) is 0 Å². The highest BCUT2D eigenvalue weighted by molar-refractivity contribution is 7.57. The third-order valence-electron chi connectivity index (χ3n) is 7.97. The van der Waals surface area contributed by atoms with Crippen molar-refractivity contribution in [1.82, 2.24) is 5.73 Å². The smallest absolute Gasteiger partial charge is 0.267 e. The van der Waals surface area contributed by atoms with Crippen molar-refractivity contribution in [3.63, 3.8) is 0 Å². The van der Waals surface area contributed by atoms with Crippen LogP contribution in [0.4, 0.5) is 0 Å². The van der Waals surface area contributed by atoms with Crippen molar-refractivity contribution in [2.24, 2.45) is 0 Å². The molecule has 4 rings (SSSR count). The summed E-state index contributed by atoms with van der Waals surface area (Å²) in [4.78, 5) is 12.3. The van der Waals surface area contributed by atoms with E-state index in [-0.39, 0.29) is 5.41 Å². The second-order valence-corrected chi connectivity index (χ2v) is 26.5. The number of rotatable bonds is 2. The molecule has 0 unspecified atom stereocenters. The van der Waals surface area contributed by atoms with E-state index < -0.39 is 21.1 Å². The van der Waals surface area contributed by atoms with Crippen molar-refractivity contribution < 1.29 is 4.79 Å². The zero-order valence-electron chi connectivity index (χ0n) is 19.9. The van der Waals surface area contributed by atoms with Crippen LogP contribution in [-0.2, 0) is 11.8 Å². The first-order valence-electron chi connectivity index (χ1n) is 11.0. The van der Waals surface area contributed by atoms with E-state index >= 15 is 0 Å². The minimum atomic E-state index is -1.58. The SMILES string of the molecule is CC1=Cc2cc(C(C)(C)C)cc(-c3c(C)c(C([NH])=O)cc4c3[Si](C)(C)[Si]4(C)C)c2C1. The van der Waals surface area contributed by atoms with Crippen LogP contribution in [0.2, 0.25) is 26.2 Å². The summed E-state index contributed by atoms with van der Waals surface area (Å²) in [7, 11) is -3.14. The van der Waals surface area contributed by atoms with E-state index in [2.05, 4.69) is 85.1 Å². The van der Waals surface area contributed by atoms with E-state index in [0.29, 0.717) is 5.56 Å². The van der Waals surface area contributed by atoms with Crippen molar-refractivity contribution in [2.75, 3.05) is 0 Å². The second kappa shape index (κ2) is 6.30. The molecule has 2 nitrogen and oxygen atoms in total. The molecule has 4 heteroatoms. The van der Waals surface area contributed by atoms with Gasteiger partial charge in [0.25, 0.3) is 5.91 Å². The monoisotopic (exact) mass is 432 g/mol. The Hall–Kier alpha value is -1.92. The summed E-state index contributed by atoms with van der Waals surface area (Å²) in [5, 5.41) is 2.98. The first kappa shape index (κ1) is 21.3. The maximum Gasteiger partial charge on any atom is 0.269 e. The van der Waals surface area contributed by atoms with E-state index in [1.54, 1.807) is 5.19 Å². The number of allylic oxidation sites excluding steroid dienone is 1. The number of nitrogens with one attached hydrogen (secondary N) is 1. The fourth-order valence-electron chi connectivity index (χ4n) is 5.35. The van der Waals surface area contributed by atoms with Crippen LogP contribution in [0, 0.1) is 6.92 Å². The lowest BCUT2D eigenvalue weighted by Gasteiger charge is -2.53. The average molecular weight is 433 g/mol. The molecular weight excluding hydrogens is 398 g/mol. The summed E-state index contributed by atoms with van der Waals surface area (Å²) >= 11 is 0. The van der Waals surface area contributed by atoms with Gasteiger partial charge in [0.05, 0.1) is 15.2 Å². The molecule has 0 fully saturated rings. The van der Waals surface area contributed by atoms with Gasteiger partial charge in [-0.15, -0.1) is 0 Å². The third kappa shape index (κ3) is 2.76. The Morgan fingerprint density at radius 3 is 2.20 bits per heavy atom. The average Bonchev–Trinajstić information content (AvgIpc) is 2.99. The van der Waals surface area contributed by atoms with Gasteiger partial charge in [0, 0.05) is 5.56 Å². The van der Waals surface area contributed by atoms with Crippen LogP contribution in [0.1, 0.15) is 60.3 Å². The first-order valence-corrected chi connectivity index (χ1v) is 18.0. The van der Waals surface area contributed by atoms with Crippen LogP contribution < -0.4 is 16.1 Å². The van der Waals surface area contributed by atoms with Crippen LogP contribution in [0.15, 0.2) is 23.8 Å². The van der Waals surface area contributed by atoms with Crippen LogP contribution in [0.25, 0.3) is 17.2 Å². The van der Waals surface area contributed by atoms with Crippen LogP contribution in [0.3, 0.4) is 0 Å². The van der Waals surface area contributed by atoms with Gasteiger partial charge in [-0.1, -0.05) is 87.2 Å². The van der Waals surface area contributed by atoms with Crippen molar-refractivity contribution in [3.8, 4) is 11.1 Å². The summed E-state index contributed by atoms with van der Waals surface area (Å²) in [5.74, 6) is -0.550. The molecule has 2 aromatic rings. The summed E-state index contributed by atoms with van der Waals surface area (Å²) in [6, 6.07) is 6.84. The molecule has 157 valence electrons. The number of carbonyl (C=O) groups is 1. The molecular formula is C26H34NOSi2. The Morgan fingerprint density at radius 1 is 1.00 bits per heavy atom. The summed E-state index contributed by atoms with van der Waals surface area (Å²) in [6.07, 6.45) is 3.31. The lowest BCUT2D eigenvalue weighted by molar-refractivity contribution is 0.0991. The van der Waals surface area contributed by atoms with E-state index in [0.717, 1.165) is 12.0 Å². The molecule has 1 aliphatic carbocycles. The highest BCUT2D eigenvalue weighted by atomic mass is 29.3.